The van der Waals surface area contributed by atoms with Gasteiger partial charge in [-0.3, -0.25) is 4.90 Å². The highest BCUT2D eigenvalue weighted by atomic mass is 32.1. The van der Waals surface area contributed by atoms with Gasteiger partial charge in [0.2, 0.25) is 5.88 Å². The SMILES string of the molecule is COc1cc(CNc2nc(CN3CCOCC3)nc3sc(C)c(C)c23)ccn1. The minimum absolute atomic E-state index is 0.614. The van der Waals surface area contributed by atoms with E-state index in [4.69, 9.17) is 19.4 Å². The first-order chi connectivity index (χ1) is 13.6. The van der Waals surface area contributed by atoms with Crippen molar-refractivity contribution in [1.82, 2.24) is 19.9 Å². The van der Waals surface area contributed by atoms with Crippen LogP contribution in [-0.2, 0) is 17.8 Å². The number of methoxy groups -OCH3 is 1. The predicted octanol–water partition coefficient (Wildman–Crippen LogP) is 3.16. The Morgan fingerprint density at radius 3 is 2.86 bits per heavy atom. The lowest BCUT2D eigenvalue weighted by Crippen LogP contribution is -2.36. The van der Waals surface area contributed by atoms with Crippen molar-refractivity contribution in [2.45, 2.75) is 26.9 Å². The summed E-state index contributed by atoms with van der Waals surface area (Å²) in [4.78, 5) is 18.6. The van der Waals surface area contributed by atoms with Crippen molar-refractivity contribution in [1.29, 1.82) is 0 Å². The van der Waals surface area contributed by atoms with Gasteiger partial charge in [0.15, 0.2) is 0 Å². The summed E-state index contributed by atoms with van der Waals surface area (Å²) in [5, 5.41) is 4.64. The molecule has 4 rings (SSSR count). The summed E-state index contributed by atoms with van der Waals surface area (Å²) < 4.78 is 10.7. The number of rotatable bonds is 6. The molecule has 1 saturated heterocycles. The van der Waals surface area contributed by atoms with Crippen LogP contribution in [0.3, 0.4) is 0 Å². The first-order valence-electron chi connectivity index (χ1n) is 9.43. The summed E-state index contributed by atoms with van der Waals surface area (Å²) in [7, 11) is 1.63. The lowest BCUT2D eigenvalue weighted by Gasteiger charge is -2.25. The van der Waals surface area contributed by atoms with Crippen LogP contribution >= 0.6 is 11.3 Å². The molecule has 8 heteroatoms. The van der Waals surface area contributed by atoms with E-state index < -0.39 is 0 Å². The van der Waals surface area contributed by atoms with E-state index in [9.17, 15) is 0 Å². The molecule has 1 fully saturated rings. The summed E-state index contributed by atoms with van der Waals surface area (Å²) in [5.41, 5.74) is 2.34. The number of hydrogen-bond donors (Lipinski definition) is 1. The van der Waals surface area contributed by atoms with E-state index in [2.05, 4.69) is 29.0 Å². The third kappa shape index (κ3) is 4.09. The van der Waals surface area contributed by atoms with E-state index in [-0.39, 0.29) is 0 Å². The van der Waals surface area contributed by atoms with Gasteiger partial charge in [0.25, 0.3) is 0 Å². The number of aromatic nitrogens is 3. The van der Waals surface area contributed by atoms with E-state index in [0.717, 1.165) is 60.3 Å². The zero-order chi connectivity index (χ0) is 19.5. The van der Waals surface area contributed by atoms with Gasteiger partial charge in [-0.2, -0.15) is 0 Å². The monoisotopic (exact) mass is 399 g/mol. The Morgan fingerprint density at radius 2 is 2.07 bits per heavy atom. The number of aryl methyl sites for hydroxylation is 2. The van der Waals surface area contributed by atoms with Crippen molar-refractivity contribution in [3.05, 3.63) is 40.2 Å². The number of anilines is 1. The van der Waals surface area contributed by atoms with Crippen LogP contribution in [0.5, 0.6) is 5.88 Å². The summed E-state index contributed by atoms with van der Waals surface area (Å²) in [6.07, 6.45) is 1.76. The molecule has 0 saturated carbocycles. The van der Waals surface area contributed by atoms with Crippen molar-refractivity contribution >= 4 is 27.4 Å². The molecule has 148 valence electrons. The maximum absolute atomic E-state index is 5.45. The molecule has 1 N–H and O–H groups in total. The number of nitrogens with zero attached hydrogens (tertiary/aromatic N) is 4. The molecular formula is C20H25N5O2S. The maximum Gasteiger partial charge on any atom is 0.213 e. The van der Waals surface area contributed by atoms with Crippen LogP contribution in [-0.4, -0.2) is 53.3 Å². The zero-order valence-electron chi connectivity index (χ0n) is 16.5. The second-order valence-corrected chi connectivity index (χ2v) is 8.10. The molecule has 0 bridgehead atoms. The molecule has 1 aliphatic rings. The average Bonchev–Trinajstić information content (AvgIpc) is 3.01. The fourth-order valence-electron chi connectivity index (χ4n) is 3.31. The van der Waals surface area contributed by atoms with Gasteiger partial charge in [0, 0.05) is 36.8 Å². The lowest BCUT2D eigenvalue weighted by atomic mass is 10.2. The van der Waals surface area contributed by atoms with Crippen LogP contribution in [0.15, 0.2) is 18.3 Å². The van der Waals surface area contributed by atoms with Gasteiger partial charge in [-0.15, -0.1) is 11.3 Å². The Hall–Kier alpha value is -2.29. The van der Waals surface area contributed by atoms with Gasteiger partial charge >= 0.3 is 0 Å². The molecule has 7 nitrogen and oxygen atoms in total. The summed E-state index contributed by atoms with van der Waals surface area (Å²) in [6.45, 7) is 9.06. The third-order valence-corrected chi connectivity index (χ3v) is 6.11. The van der Waals surface area contributed by atoms with E-state index in [0.29, 0.717) is 12.4 Å². The van der Waals surface area contributed by atoms with E-state index >= 15 is 0 Å². The van der Waals surface area contributed by atoms with Gasteiger partial charge in [0.1, 0.15) is 16.5 Å². The molecule has 4 heterocycles. The van der Waals surface area contributed by atoms with Gasteiger partial charge in [-0.25, -0.2) is 15.0 Å². The highest BCUT2D eigenvalue weighted by Gasteiger charge is 2.17. The fraction of sp³-hybridized carbons (Fsp3) is 0.450. The fourth-order valence-corrected chi connectivity index (χ4v) is 4.36. The van der Waals surface area contributed by atoms with Gasteiger partial charge in [-0.1, -0.05) is 0 Å². The number of thiophene rings is 1. The molecule has 0 unspecified atom stereocenters. The molecule has 0 radical (unpaired) electrons. The topological polar surface area (TPSA) is 72.4 Å². The smallest absolute Gasteiger partial charge is 0.213 e. The van der Waals surface area contributed by atoms with Crippen LogP contribution in [0, 0.1) is 13.8 Å². The molecule has 0 aromatic carbocycles. The van der Waals surface area contributed by atoms with Crippen LogP contribution < -0.4 is 10.1 Å². The van der Waals surface area contributed by atoms with Crippen LogP contribution in [0.1, 0.15) is 21.8 Å². The Balaban J connectivity index is 1.62. The molecule has 0 spiro atoms. The average molecular weight is 400 g/mol. The summed E-state index contributed by atoms with van der Waals surface area (Å²) in [6, 6.07) is 3.92. The van der Waals surface area contributed by atoms with Crippen LogP contribution in [0.25, 0.3) is 10.2 Å². The van der Waals surface area contributed by atoms with E-state index in [1.165, 1.54) is 10.4 Å². The number of pyridine rings is 1. The second-order valence-electron chi connectivity index (χ2n) is 6.90. The molecular weight excluding hydrogens is 374 g/mol. The van der Waals surface area contributed by atoms with E-state index in [1.807, 2.05) is 12.1 Å². The number of fused-ring (bicyclic) bond motifs is 1. The van der Waals surface area contributed by atoms with Crippen molar-refractivity contribution in [3.8, 4) is 5.88 Å². The molecule has 3 aromatic heterocycles. The van der Waals surface area contributed by atoms with Gasteiger partial charge < -0.3 is 14.8 Å². The predicted molar refractivity (Wildman–Crippen MR) is 111 cm³/mol. The first-order valence-corrected chi connectivity index (χ1v) is 10.2. The Labute approximate surface area is 168 Å². The lowest BCUT2D eigenvalue weighted by molar-refractivity contribution is 0.0331. The highest BCUT2D eigenvalue weighted by Crippen LogP contribution is 2.33. The summed E-state index contributed by atoms with van der Waals surface area (Å²) >= 11 is 1.73. The highest BCUT2D eigenvalue weighted by molar-refractivity contribution is 7.18. The number of morpholine rings is 1. The number of nitrogens with one attached hydrogen (secondary N) is 1. The van der Waals surface area contributed by atoms with Crippen LogP contribution in [0.2, 0.25) is 0 Å². The molecule has 28 heavy (non-hydrogen) atoms. The van der Waals surface area contributed by atoms with Crippen LogP contribution in [0.4, 0.5) is 5.82 Å². The maximum atomic E-state index is 5.45. The van der Waals surface area contributed by atoms with Crippen molar-refractivity contribution in [3.63, 3.8) is 0 Å². The van der Waals surface area contributed by atoms with Gasteiger partial charge in [0.05, 0.1) is 32.3 Å². The molecule has 0 aliphatic carbocycles. The van der Waals surface area contributed by atoms with E-state index in [1.54, 1.807) is 24.6 Å². The normalized spacial score (nSPS) is 15.1. The molecule has 3 aromatic rings. The Kier molecular flexibility index (Phi) is 5.70. The zero-order valence-corrected chi connectivity index (χ0v) is 17.3. The standard InChI is InChI=1S/C20H25N5O2S/c1-13-14(2)28-20-18(13)19(22-11-15-4-5-21-17(10-15)26-3)23-16(24-20)12-25-6-8-27-9-7-25/h4-5,10H,6-9,11-12H2,1-3H3,(H,22,23,24). The third-order valence-electron chi connectivity index (χ3n) is 5.01. The second kappa shape index (κ2) is 8.38. The Bertz CT molecular complexity index is 969. The molecule has 1 aliphatic heterocycles. The number of ether oxygens (including phenoxy) is 2. The van der Waals surface area contributed by atoms with Crippen molar-refractivity contribution in [2.75, 3.05) is 38.7 Å². The summed E-state index contributed by atoms with van der Waals surface area (Å²) in [5.74, 6) is 2.36. The van der Waals surface area contributed by atoms with Crippen molar-refractivity contribution < 1.29 is 9.47 Å². The molecule has 0 atom stereocenters. The van der Waals surface area contributed by atoms with Crippen molar-refractivity contribution in [2.24, 2.45) is 0 Å². The Morgan fingerprint density at radius 1 is 1.25 bits per heavy atom. The minimum Gasteiger partial charge on any atom is -0.481 e. The molecule has 0 amide bonds. The van der Waals surface area contributed by atoms with Gasteiger partial charge in [-0.05, 0) is 31.0 Å². The first kappa shape index (κ1) is 19.0. The minimum atomic E-state index is 0.614. The quantitative estimate of drug-likeness (QED) is 0.683. The number of hydrogen-bond acceptors (Lipinski definition) is 8. The largest absolute Gasteiger partial charge is 0.481 e.